The van der Waals surface area contributed by atoms with Crippen LogP contribution in [0.3, 0.4) is 0 Å². The van der Waals surface area contributed by atoms with Crippen LogP contribution in [0.25, 0.3) is 0 Å². The molecule has 2 aliphatic heterocycles. The van der Waals surface area contributed by atoms with Crippen LogP contribution in [0.1, 0.15) is 30.5 Å². The lowest BCUT2D eigenvalue weighted by molar-refractivity contribution is -0.157. The Labute approximate surface area is 176 Å². The minimum atomic E-state index is -0.893. The Morgan fingerprint density at radius 2 is 1.83 bits per heavy atom. The summed E-state index contributed by atoms with van der Waals surface area (Å²) < 4.78 is 16.3. The number of para-hydroxylation sites is 1. The molecule has 4 rings (SSSR count). The highest BCUT2D eigenvalue weighted by Crippen LogP contribution is 2.50. The number of carbonyl (C=O) groups excluding carboxylic acids is 2. The van der Waals surface area contributed by atoms with Crippen molar-refractivity contribution in [2.24, 2.45) is 11.8 Å². The van der Waals surface area contributed by atoms with Gasteiger partial charge in [0, 0.05) is 30.6 Å². The molecule has 2 fully saturated rings. The quantitative estimate of drug-likeness (QED) is 0.557. The van der Waals surface area contributed by atoms with Gasteiger partial charge in [-0.15, -0.1) is 0 Å². The van der Waals surface area contributed by atoms with Crippen molar-refractivity contribution in [3.8, 4) is 5.75 Å². The second-order valence-corrected chi connectivity index (χ2v) is 8.23. The van der Waals surface area contributed by atoms with Gasteiger partial charge in [-0.2, -0.15) is 0 Å². The van der Waals surface area contributed by atoms with Crippen LogP contribution >= 0.6 is 0 Å². The van der Waals surface area contributed by atoms with Crippen molar-refractivity contribution >= 4 is 11.9 Å². The summed E-state index contributed by atoms with van der Waals surface area (Å²) >= 11 is 0. The SMILES string of the molecule is COC(=O)[C@@H]1C(=O)O[C@]2(C)CN(Cc3ccccc3)[C@@H](c3ccccc3OC)C[C@H]12. The second kappa shape index (κ2) is 8.11. The maximum absolute atomic E-state index is 12.6. The third kappa shape index (κ3) is 3.56. The molecule has 0 spiro atoms. The van der Waals surface area contributed by atoms with Gasteiger partial charge >= 0.3 is 11.9 Å². The summed E-state index contributed by atoms with van der Waals surface area (Å²) in [7, 11) is 2.97. The molecule has 158 valence electrons. The van der Waals surface area contributed by atoms with Gasteiger partial charge in [0.2, 0.25) is 0 Å². The van der Waals surface area contributed by atoms with E-state index in [1.54, 1.807) is 7.11 Å². The molecule has 6 heteroatoms. The predicted octanol–water partition coefficient (Wildman–Crippen LogP) is 3.36. The molecule has 2 aliphatic rings. The van der Waals surface area contributed by atoms with Gasteiger partial charge in [0.15, 0.2) is 5.92 Å². The number of nitrogens with zero attached hydrogens (tertiary/aromatic N) is 1. The smallest absolute Gasteiger partial charge is 0.321 e. The van der Waals surface area contributed by atoms with Crippen molar-refractivity contribution in [3.05, 3.63) is 65.7 Å². The molecule has 0 aromatic heterocycles. The monoisotopic (exact) mass is 409 g/mol. The highest BCUT2D eigenvalue weighted by Gasteiger charge is 2.60. The van der Waals surface area contributed by atoms with E-state index in [4.69, 9.17) is 14.2 Å². The summed E-state index contributed by atoms with van der Waals surface area (Å²) in [6, 6.07) is 18.1. The molecule has 0 saturated carbocycles. The number of hydrogen-bond acceptors (Lipinski definition) is 6. The number of rotatable bonds is 5. The topological polar surface area (TPSA) is 65.1 Å². The number of carbonyl (C=O) groups is 2. The zero-order valence-electron chi connectivity index (χ0n) is 17.5. The van der Waals surface area contributed by atoms with E-state index in [1.807, 2.05) is 43.3 Å². The van der Waals surface area contributed by atoms with Gasteiger partial charge < -0.3 is 14.2 Å². The summed E-state index contributed by atoms with van der Waals surface area (Å²) in [4.78, 5) is 27.3. The van der Waals surface area contributed by atoms with Crippen LogP contribution in [-0.4, -0.2) is 43.2 Å². The summed E-state index contributed by atoms with van der Waals surface area (Å²) in [5.74, 6) is -1.38. The minimum Gasteiger partial charge on any atom is -0.496 e. The molecule has 0 aliphatic carbocycles. The maximum atomic E-state index is 12.6. The number of hydrogen-bond donors (Lipinski definition) is 0. The summed E-state index contributed by atoms with van der Waals surface area (Å²) in [6.07, 6.45) is 0.592. The fourth-order valence-electron chi connectivity index (χ4n) is 4.96. The zero-order valence-corrected chi connectivity index (χ0v) is 17.5. The van der Waals surface area contributed by atoms with Gasteiger partial charge in [-0.05, 0) is 25.0 Å². The number of ether oxygens (including phenoxy) is 3. The lowest BCUT2D eigenvalue weighted by Gasteiger charge is -2.46. The van der Waals surface area contributed by atoms with E-state index in [0.717, 1.165) is 11.3 Å². The number of methoxy groups -OCH3 is 2. The first-order valence-corrected chi connectivity index (χ1v) is 10.2. The predicted molar refractivity (Wildman–Crippen MR) is 111 cm³/mol. The van der Waals surface area contributed by atoms with Crippen molar-refractivity contribution in [1.29, 1.82) is 0 Å². The molecular formula is C24H27NO5. The molecule has 6 nitrogen and oxygen atoms in total. The highest BCUT2D eigenvalue weighted by molar-refractivity contribution is 5.97. The third-order valence-corrected chi connectivity index (χ3v) is 6.39. The number of esters is 2. The average Bonchev–Trinajstić information content (AvgIpc) is 3.02. The highest BCUT2D eigenvalue weighted by atomic mass is 16.6. The van der Waals surface area contributed by atoms with Crippen molar-refractivity contribution < 1.29 is 23.8 Å². The molecule has 2 aromatic rings. The number of fused-ring (bicyclic) bond motifs is 1. The van der Waals surface area contributed by atoms with Gasteiger partial charge in [-0.25, -0.2) is 0 Å². The van der Waals surface area contributed by atoms with Gasteiger partial charge in [0.25, 0.3) is 0 Å². The van der Waals surface area contributed by atoms with Gasteiger partial charge in [0.05, 0.1) is 14.2 Å². The zero-order chi connectivity index (χ0) is 21.3. The average molecular weight is 409 g/mol. The van der Waals surface area contributed by atoms with Crippen molar-refractivity contribution in [2.45, 2.75) is 31.5 Å². The van der Waals surface area contributed by atoms with Crippen LogP contribution in [-0.2, 0) is 25.6 Å². The summed E-state index contributed by atoms with van der Waals surface area (Å²) in [6.45, 7) is 3.15. The van der Waals surface area contributed by atoms with Gasteiger partial charge in [-0.3, -0.25) is 14.5 Å². The summed E-state index contributed by atoms with van der Waals surface area (Å²) in [5, 5.41) is 0. The first kappa shape index (κ1) is 20.4. The van der Waals surface area contributed by atoms with E-state index in [2.05, 4.69) is 23.1 Å². The largest absolute Gasteiger partial charge is 0.496 e. The van der Waals surface area contributed by atoms with Crippen molar-refractivity contribution in [3.63, 3.8) is 0 Å². The Bertz CT molecular complexity index is 930. The third-order valence-electron chi connectivity index (χ3n) is 6.39. The molecule has 4 atom stereocenters. The Morgan fingerprint density at radius 3 is 2.53 bits per heavy atom. The van der Waals surface area contributed by atoms with Gasteiger partial charge in [0.1, 0.15) is 11.4 Å². The normalized spacial score (nSPS) is 28.5. The Balaban J connectivity index is 1.74. The molecule has 2 aromatic carbocycles. The van der Waals surface area contributed by atoms with Crippen LogP contribution in [0, 0.1) is 11.8 Å². The van der Waals surface area contributed by atoms with Crippen molar-refractivity contribution in [1.82, 2.24) is 4.90 Å². The molecule has 2 heterocycles. The van der Waals surface area contributed by atoms with E-state index >= 15 is 0 Å². The molecule has 0 unspecified atom stereocenters. The Hall–Kier alpha value is -2.86. The number of likely N-dealkylation sites (tertiary alicyclic amines) is 1. The molecule has 0 amide bonds. The molecular weight excluding hydrogens is 382 g/mol. The molecule has 0 N–H and O–H groups in total. The molecule has 30 heavy (non-hydrogen) atoms. The van der Waals surface area contributed by atoms with E-state index < -0.39 is 23.5 Å². The van der Waals surface area contributed by atoms with Crippen LogP contribution in [0.2, 0.25) is 0 Å². The first-order chi connectivity index (χ1) is 14.5. The number of piperidine rings is 1. The van der Waals surface area contributed by atoms with E-state index in [1.165, 1.54) is 12.7 Å². The molecule has 2 saturated heterocycles. The molecule has 0 bridgehead atoms. The van der Waals surface area contributed by atoms with Crippen LogP contribution in [0.4, 0.5) is 0 Å². The fraction of sp³-hybridized carbons (Fsp3) is 0.417. The van der Waals surface area contributed by atoms with E-state index in [9.17, 15) is 9.59 Å². The van der Waals surface area contributed by atoms with E-state index in [0.29, 0.717) is 19.5 Å². The summed E-state index contributed by atoms with van der Waals surface area (Å²) in [5.41, 5.74) is 1.47. The second-order valence-electron chi connectivity index (χ2n) is 8.23. The van der Waals surface area contributed by atoms with E-state index in [-0.39, 0.29) is 12.0 Å². The lowest BCUT2D eigenvalue weighted by atomic mass is 9.72. The van der Waals surface area contributed by atoms with Gasteiger partial charge in [-0.1, -0.05) is 48.5 Å². The first-order valence-electron chi connectivity index (χ1n) is 10.2. The Morgan fingerprint density at radius 1 is 1.13 bits per heavy atom. The fourth-order valence-corrected chi connectivity index (χ4v) is 4.96. The standard InChI is InChI=1S/C24H27NO5/c1-24-15-25(14-16-9-5-4-6-10-16)19(17-11-7-8-12-20(17)28-2)13-18(24)21(22(26)29-3)23(27)30-24/h4-12,18-19,21H,13-15H2,1-3H3/t18-,19-,21-,24-/m1/s1. The Kier molecular flexibility index (Phi) is 5.52. The van der Waals surface area contributed by atoms with Crippen LogP contribution in [0.15, 0.2) is 54.6 Å². The lowest BCUT2D eigenvalue weighted by Crippen LogP contribution is -2.53. The maximum Gasteiger partial charge on any atom is 0.321 e. The van der Waals surface area contributed by atoms with Crippen molar-refractivity contribution in [2.75, 3.05) is 20.8 Å². The minimum absolute atomic E-state index is 0.0268. The molecule has 0 radical (unpaired) electrons. The number of benzene rings is 2. The van der Waals surface area contributed by atoms with Crippen LogP contribution < -0.4 is 4.74 Å². The van der Waals surface area contributed by atoms with Crippen LogP contribution in [0.5, 0.6) is 5.75 Å².